The standard InChI is InChI=1S/C60H98O27/c1-23-32(64)36(68)40(72)49(78-23)85-45-38(70)33(65)24(2)79-51(45)86-46-39(71)35(67)26(21-62)81-52(46)83-43-42(74)44(48(75)76)84-53(47(43)87-50-41(73)37(69)34(66)25(20-61)80-50)82-31-12-13-56(7)27(55(31,5)6)10-14-57(8)28(56)11-15-60-29-18-54(3,4)16-17-59(29,22-77-60)30(63)19-58(57,60)9/h23-47,49-53,61-74H,10-22H2,1-9H3,(H,75,76)/t23-,24-,25+,26+,27?,28?,29+,30+,31-,32-,33-,34+,35-,36+,37-,38+,39-,40+,41+,42-,43-,44-,45+,46+,47+,49-,50-,51-,52-,53+,56-,57+,58-,59+,60?/m0/s1. The third-order valence-electron chi connectivity index (χ3n) is 24.6. The molecule has 11 aliphatic rings. The van der Waals surface area contributed by atoms with Crippen molar-refractivity contribution in [2.45, 2.75) is 298 Å². The molecule has 1 spiro atoms. The van der Waals surface area contributed by atoms with E-state index in [0.29, 0.717) is 25.9 Å². The second-order valence-electron chi connectivity index (χ2n) is 29.9. The number of hydrogen-bond donors (Lipinski definition) is 15. The van der Waals surface area contributed by atoms with Crippen LogP contribution in [0.25, 0.3) is 0 Å². The van der Waals surface area contributed by atoms with Gasteiger partial charge in [-0.15, -0.1) is 0 Å². The van der Waals surface area contributed by atoms with Crippen molar-refractivity contribution in [1.82, 2.24) is 0 Å². The number of fused-ring (bicyclic) bond motifs is 4. The topological polar surface area (TPSA) is 422 Å². The summed E-state index contributed by atoms with van der Waals surface area (Å²) in [6, 6.07) is 0. The molecule has 27 heteroatoms. The maximum Gasteiger partial charge on any atom is 0.335 e. The lowest BCUT2D eigenvalue weighted by Gasteiger charge is -2.75. The molecule has 11 rings (SSSR count). The molecule has 0 radical (unpaired) electrons. The minimum Gasteiger partial charge on any atom is -0.479 e. The lowest BCUT2D eigenvalue weighted by Crippen LogP contribution is -2.74. The summed E-state index contributed by atoms with van der Waals surface area (Å²) in [5.74, 6) is -1.33. The third-order valence-corrected chi connectivity index (χ3v) is 24.6. The monoisotopic (exact) mass is 1250 g/mol. The summed E-state index contributed by atoms with van der Waals surface area (Å²) in [6.07, 6.45) is -40.2. The molecule has 0 aromatic heterocycles. The maximum absolute atomic E-state index is 13.4. The van der Waals surface area contributed by atoms with Crippen molar-refractivity contribution in [3.8, 4) is 0 Å². The molecule has 11 fully saturated rings. The number of hydrogen-bond acceptors (Lipinski definition) is 26. The van der Waals surface area contributed by atoms with Gasteiger partial charge >= 0.3 is 5.97 Å². The molecular formula is C60H98O27. The SMILES string of the molecule is C[C@@H]1O[C@@H](O[C@H]2[C@H](O[C@H]3[C@H](O[C@H]4[C@H](O)[C@@H](C(=O)O)O[C@@H](O[C@H]5CC[C@@]6(C)C(CC[C@]7(C)C6CCC68OC[C@@]9(CCC(C)(C)C[C@@H]69)[C@H](O)C[C@]87C)C5(C)C)[C@@H]4O[C@@H]4O[C@H](CO)[C@@H](O)[C@H](O)[C@H]4O)O[C@H](CO)[C@H](O)[C@@H]3O)O[C@@H](C)[C@H](O)[C@H]2O)[C@H](O)[C@H](O)[C@H]1O. The molecule has 5 aliphatic carbocycles. The maximum atomic E-state index is 13.4. The molecule has 6 heterocycles. The summed E-state index contributed by atoms with van der Waals surface area (Å²) in [6.45, 7) is 17.4. The number of ether oxygens (including phenoxy) is 11. The number of aliphatic carboxylic acids is 1. The fraction of sp³-hybridized carbons (Fsp3) is 0.983. The van der Waals surface area contributed by atoms with Crippen LogP contribution in [-0.4, -0.2) is 274 Å². The average molecular weight is 1250 g/mol. The van der Waals surface area contributed by atoms with Crippen LogP contribution in [0.15, 0.2) is 0 Å². The summed E-state index contributed by atoms with van der Waals surface area (Å²) in [4.78, 5) is 13.4. The Kier molecular flexibility index (Phi) is 18.3. The van der Waals surface area contributed by atoms with E-state index < -0.39 is 196 Å². The first-order valence-corrected chi connectivity index (χ1v) is 31.5. The van der Waals surface area contributed by atoms with Gasteiger partial charge in [-0.1, -0.05) is 48.5 Å². The number of rotatable bonds is 13. The van der Waals surface area contributed by atoms with Crippen molar-refractivity contribution < 1.29 is 133 Å². The highest BCUT2D eigenvalue weighted by atomic mass is 16.8. The number of carbonyl (C=O) groups is 1. The van der Waals surface area contributed by atoms with Gasteiger partial charge in [0.25, 0.3) is 0 Å². The van der Waals surface area contributed by atoms with E-state index in [-0.39, 0.29) is 44.8 Å². The molecule has 0 aromatic carbocycles. The predicted molar refractivity (Wildman–Crippen MR) is 293 cm³/mol. The molecule has 15 N–H and O–H groups in total. The Morgan fingerprint density at radius 3 is 1.61 bits per heavy atom. The lowest BCUT2D eigenvalue weighted by molar-refractivity contribution is -0.412. The third kappa shape index (κ3) is 10.5. The van der Waals surface area contributed by atoms with Crippen molar-refractivity contribution in [2.75, 3.05) is 19.8 Å². The Hall–Kier alpha value is -1.53. The van der Waals surface area contributed by atoms with Crippen molar-refractivity contribution in [1.29, 1.82) is 0 Å². The fourth-order valence-electron chi connectivity index (χ4n) is 19.3. The van der Waals surface area contributed by atoms with Gasteiger partial charge in [-0.25, -0.2) is 4.79 Å². The second-order valence-corrected chi connectivity index (χ2v) is 29.9. The van der Waals surface area contributed by atoms with E-state index in [9.17, 15) is 81.4 Å². The summed E-state index contributed by atoms with van der Waals surface area (Å²) in [5, 5.41) is 167. The first-order valence-electron chi connectivity index (χ1n) is 31.5. The Balaban J connectivity index is 0.911. The fourth-order valence-corrected chi connectivity index (χ4v) is 19.3. The number of carboxylic acids is 1. The normalized spacial score (nSPS) is 57.2. The molecule has 0 amide bonds. The smallest absolute Gasteiger partial charge is 0.335 e. The summed E-state index contributed by atoms with van der Waals surface area (Å²) >= 11 is 0. The van der Waals surface area contributed by atoms with Gasteiger partial charge in [0.2, 0.25) is 0 Å². The highest BCUT2D eigenvalue weighted by Gasteiger charge is 2.80. The highest BCUT2D eigenvalue weighted by Crippen LogP contribution is 2.80. The van der Waals surface area contributed by atoms with E-state index in [1.807, 2.05) is 0 Å². The van der Waals surface area contributed by atoms with E-state index in [0.717, 1.165) is 44.9 Å². The molecule has 6 saturated heterocycles. The van der Waals surface area contributed by atoms with Crippen LogP contribution in [0.4, 0.5) is 0 Å². The molecule has 500 valence electrons. The van der Waals surface area contributed by atoms with E-state index in [2.05, 4.69) is 48.5 Å². The van der Waals surface area contributed by atoms with E-state index >= 15 is 0 Å². The van der Waals surface area contributed by atoms with Crippen molar-refractivity contribution in [2.24, 2.45) is 50.2 Å². The molecule has 0 aromatic rings. The molecule has 87 heavy (non-hydrogen) atoms. The summed E-state index contributed by atoms with van der Waals surface area (Å²) < 4.78 is 69.1. The van der Waals surface area contributed by atoms with E-state index in [1.165, 1.54) is 13.8 Å². The summed E-state index contributed by atoms with van der Waals surface area (Å²) in [5.41, 5.74) is -2.18. The van der Waals surface area contributed by atoms with Crippen LogP contribution >= 0.6 is 0 Å². The Morgan fingerprint density at radius 2 is 0.977 bits per heavy atom. The number of aliphatic hydroxyl groups excluding tert-OH is 14. The highest BCUT2D eigenvalue weighted by molar-refractivity contribution is 5.73. The predicted octanol–water partition coefficient (Wildman–Crippen LogP) is -2.38. The average Bonchev–Trinajstić information content (AvgIpc) is 1.62. The molecule has 5 saturated carbocycles. The molecule has 35 atom stereocenters. The van der Waals surface area contributed by atoms with Crippen LogP contribution in [0, 0.1) is 50.2 Å². The van der Waals surface area contributed by atoms with Gasteiger partial charge in [0.1, 0.15) is 104 Å². The van der Waals surface area contributed by atoms with Crippen LogP contribution in [0.2, 0.25) is 0 Å². The van der Waals surface area contributed by atoms with Crippen LogP contribution in [0.5, 0.6) is 0 Å². The van der Waals surface area contributed by atoms with Crippen LogP contribution < -0.4 is 0 Å². The van der Waals surface area contributed by atoms with Gasteiger partial charge in [0, 0.05) is 10.8 Å². The van der Waals surface area contributed by atoms with Crippen molar-refractivity contribution >= 4 is 5.97 Å². The van der Waals surface area contributed by atoms with Gasteiger partial charge in [-0.2, -0.15) is 0 Å². The number of carboxylic acid groups (broad SMARTS) is 1. The van der Waals surface area contributed by atoms with E-state index in [4.69, 9.17) is 52.1 Å². The molecule has 3 unspecified atom stereocenters. The zero-order valence-electron chi connectivity index (χ0n) is 51.1. The zero-order chi connectivity index (χ0) is 63.4. The van der Waals surface area contributed by atoms with Crippen LogP contribution in [0.1, 0.15) is 127 Å². The largest absolute Gasteiger partial charge is 0.479 e. The molecule has 2 bridgehead atoms. The summed E-state index contributed by atoms with van der Waals surface area (Å²) in [7, 11) is 0. The minimum atomic E-state index is -2.30. The molecule has 27 nitrogen and oxygen atoms in total. The van der Waals surface area contributed by atoms with Crippen LogP contribution in [0.3, 0.4) is 0 Å². The Bertz CT molecular complexity index is 2440. The van der Waals surface area contributed by atoms with Gasteiger partial charge in [0.15, 0.2) is 37.6 Å². The number of aliphatic hydroxyl groups is 14. The van der Waals surface area contributed by atoms with Gasteiger partial charge in [-0.3, -0.25) is 0 Å². The van der Waals surface area contributed by atoms with Gasteiger partial charge in [-0.05, 0) is 117 Å². The first-order chi connectivity index (χ1) is 40.7. The van der Waals surface area contributed by atoms with Gasteiger partial charge < -0.3 is 129 Å². The quantitative estimate of drug-likeness (QED) is 0.0857. The van der Waals surface area contributed by atoms with E-state index in [1.54, 1.807) is 0 Å². The van der Waals surface area contributed by atoms with Crippen molar-refractivity contribution in [3.63, 3.8) is 0 Å². The Morgan fingerprint density at radius 1 is 0.471 bits per heavy atom. The lowest BCUT2D eigenvalue weighted by atomic mass is 9.30. The second kappa shape index (κ2) is 23.7. The molecular weight excluding hydrogens is 1150 g/mol. The van der Waals surface area contributed by atoms with Crippen molar-refractivity contribution in [3.05, 3.63) is 0 Å². The zero-order valence-corrected chi connectivity index (χ0v) is 51.1. The Labute approximate surface area is 506 Å². The van der Waals surface area contributed by atoms with Gasteiger partial charge in [0.05, 0.1) is 49.8 Å². The van der Waals surface area contributed by atoms with Crippen LogP contribution in [-0.2, 0) is 56.9 Å². The molecule has 6 aliphatic heterocycles. The first kappa shape index (κ1) is 66.9. The minimum absolute atomic E-state index is 0.0199.